The molecule has 4 nitrogen and oxygen atoms in total. The van der Waals surface area contributed by atoms with Crippen LogP contribution in [0.15, 0.2) is 158 Å². The Bertz CT molecular complexity index is 3920. The molecule has 0 aliphatic heterocycles. The molecule has 1 N–H and O–H groups in total. The minimum atomic E-state index is -3.41. The Hall–Kier alpha value is -7.04. The molecule has 7 aromatic carbocycles. The Morgan fingerprint density at radius 3 is 1.80 bits per heavy atom. The molecule has 0 saturated carbocycles. The van der Waals surface area contributed by atoms with Crippen LogP contribution in [0.25, 0.3) is 83.9 Å². The first-order chi connectivity index (χ1) is 39.1. The highest BCUT2D eigenvalue weighted by Gasteiger charge is 2.29. The standard InChI is InChI=1S/C67H71N3O/c1-41(2)48-32-49(42(3)4)34-51(33-48)46-25-28-60(43(5)31-46)70-61-22-18-21-56(62(61)69-64(70)57-39-55(66(9,10)11)40-58(63(57)71)67(12,13)14)52-35-50(44-19-16-15-17-20-44)36-53(37-52)59-38-47(29-30-68-59)45-23-26-54(27-24-45)65(6,7)8/h15-42,71H,1-14H3/i5D3,6D3,7D3,8D3,41D,42D. The second kappa shape index (κ2) is 18.6. The van der Waals surface area contributed by atoms with Gasteiger partial charge in [-0.25, -0.2) is 4.98 Å². The van der Waals surface area contributed by atoms with Crippen LogP contribution in [0.1, 0.15) is 154 Å². The van der Waals surface area contributed by atoms with E-state index in [-0.39, 0.29) is 16.9 Å². The number of fused-ring (bicyclic) bond motifs is 1. The van der Waals surface area contributed by atoms with Crippen molar-refractivity contribution < 1.29 is 24.3 Å². The van der Waals surface area contributed by atoms with Crippen LogP contribution in [0, 0.1) is 6.85 Å². The van der Waals surface area contributed by atoms with Crippen molar-refractivity contribution >= 4 is 11.0 Å². The number of imidazole rings is 1. The Kier molecular flexibility index (Phi) is 8.99. The maximum atomic E-state index is 12.7. The van der Waals surface area contributed by atoms with Crippen molar-refractivity contribution in [3.05, 3.63) is 191 Å². The summed E-state index contributed by atoms with van der Waals surface area (Å²) in [5, 5.41) is 12.7. The summed E-state index contributed by atoms with van der Waals surface area (Å²) in [6, 6.07) is 45.7. The molecule has 0 aliphatic carbocycles. The molecule has 0 fully saturated rings. The van der Waals surface area contributed by atoms with Crippen molar-refractivity contribution in [3.63, 3.8) is 0 Å². The lowest BCUT2D eigenvalue weighted by Gasteiger charge is -2.27. The third-order valence-corrected chi connectivity index (χ3v) is 13.4. The fraction of sp³-hybridized carbons (Fsp3) is 0.284. The Balaban J connectivity index is 1.30. The van der Waals surface area contributed by atoms with Gasteiger partial charge in [-0.1, -0.05) is 187 Å². The van der Waals surface area contributed by atoms with Crippen LogP contribution >= 0.6 is 0 Å². The van der Waals surface area contributed by atoms with Gasteiger partial charge in [-0.05, 0) is 156 Å². The molecule has 0 radical (unpaired) electrons. The molecule has 0 bridgehead atoms. The van der Waals surface area contributed by atoms with Crippen molar-refractivity contribution in [2.75, 3.05) is 0 Å². The van der Waals surface area contributed by atoms with Crippen molar-refractivity contribution in [3.8, 4) is 78.6 Å². The third kappa shape index (κ3) is 9.87. The summed E-state index contributed by atoms with van der Waals surface area (Å²) >= 11 is 0. The Labute approximate surface area is 443 Å². The topological polar surface area (TPSA) is 50.9 Å². The largest absolute Gasteiger partial charge is 0.507 e. The van der Waals surface area contributed by atoms with Crippen LogP contribution in [0.4, 0.5) is 0 Å². The zero-order chi connectivity index (χ0) is 62.6. The summed E-state index contributed by atoms with van der Waals surface area (Å²) < 4.78 is 122. The highest BCUT2D eigenvalue weighted by atomic mass is 16.3. The minimum Gasteiger partial charge on any atom is -0.507 e. The minimum absolute atomic E-state index is 0.00568. The normalized spacial score (nSPS) is 16.3. The van der Waals surface area contributed by atoms with Gasteiger partial charge in [-0.2, -0.15) is 0 Å². The molecule has 0 aliphatic rings. The number of hydrogen-bond acceptors (Lipinski definition) is 3. The number of pyridine rings is 1. The number of aromatic hydroxyl groups is 1. The quantitative estimate of drug-likeness (QED) is 0.157. The van der Waals surface area contributed by atoms with Crippen LogP contribution in [-0.4, -0.2) is 19.6 Å². The number of para-hydroxylation sites is 1. The number of aryl methyl sites for hydroxylation is 1. The van der Waals surface area contributed by atoms with Gasteiger partial charge in [0.25, 0.3) is 0 Å². The molecule has 9 rings (SSSR count). The molecule has 0 atom stereocenters. The third-order valence-electron chi connectivity index (χ3n) is 13.4. The Morgan fingerprint density at radius 2 is 1.15 bits per heavy atom. The maximum absolute atomic E-state index is 12.7. The van der Waals surface area contributed by atoms with E-state index in [1.807, 2.05) is 128 Å². The lowest BCUT2D eigenvalue weighted by atomic mass is 9.79. The first-order valence-corrected chi connectivity index (χ1v) is 24.1. The Morgan fingerprint density at radius 1 is 0.521 bits per heavy atom. The second-order valence-corrected chi connectivity index (χ2v) is 21.3. The smallest absolute Gasteiger partial charge is 0.149 e. The van der Waals surface area contributed by atoms with Gasteiger partial charge in [0.2, 0.25) is 0 Å². The predicted molar refractivity (Wildman–Crippen MR) is 302 cm³/mol. The van der Waals surface area contributed by atoms with E-state index in [1.165, 1.54) is 24.3 Å². The molecular weight excluding hydrogens is 863 g/mol. The van der Waals surface area contributed by atoms with Gasteiger partial charge in [0.15, 0.2) is 0 Å². The summed E-state index contributed by atoms with van der Waals surface area (Å²) in [7, 11) is 0. The summed E-state index contributed by atoms with van der Waals surface area (Å²) in [6.45, 7) is 6.59. The number of aromatic nitrogens is 3. The van der Waals surface area contributed by atoms with E-state index in [0.717, 1.165) is 22.3 Å². The van der Waals surface area contributed by atoms with E-state index in [0.29, 0.717) is 83.9 Å². The average molecular weight is 948 g/mol. The van der Waals surface area contributed by atoms with Gasteiger partial charge in [0.1, 0.15) is 11.6 Å². The summed E-state index contributed by atoms with van der Waals surface area (Å²) in [5.74, 6) is -1.73. The van der Waals surface area contributed by atoms with Crippen LogP contribution < -0.4 is 0 Å². The lowest BCUT2D eigenvalue weighted by molar-refractivity contribution is 0.446. The van der Waals surface area contributed by atoms with Crippen LogP contribution in [0.5, 0.6) is 5.75 Å². The van der Waals surface area contributed by atoms with Crippen LogP contribution in [0.3, 0.4) is 0 Å². The molecule has 360 valence electrons. The molecular formula is C67H71N3O. The maximum Gasteiger partial charge on any atom is 0.149 e. The van der Waals surface area contributed by atoms with Crippen molar-refractivity contribution in [2.45, 2.75) is 125 Å². The van der Waals surface area contributed by atoms with Crippen LogP contribution in [0.2, 0.25) is 0 Å². The molecule has 0 saturated heterocycles. The molecule has 4 heteroatoms. The number of benzene rings is 7. The molecule has 0 unspecified atom stereocenters. The van der Waals surface area contributed by atoms with E-state index in [4.69, 9.17) is 25.0 Å². The number of hydrogen-bond donors (Lipinski definition) is 1. The highest BCUT2D eigenvalue weighted by Crippen LogP contribution is 2.46. The van der Waals surface area contributed by atoms with Gasteiger partial charge < -0.3 is 5.11 Å². The van der Waals surface area contributed by atoms with E-state index < -0.39 is 55.4 Å². The van der Waals surface area contributed by atoms with Crippen molar-refractivity contribution in [2.24, 2.45) is 0 Å². The molecule has 71 heavy (non-hydrogen) atoms. The summed E-state index contributed by atoms with van der Waals surface area (Å²) in [4.78, 5) is 10.3. The summed E-state index contributed by atoms with van der Waals surface area (Å²) in [6.07, 6.45) is 1.62. The monoisotopic (exact) mass is 948 g/mol. The average Bonchev–Trinajstić information content (AvgIpc) is 1.41. The van der Waals surface area contributed by atoms with E-state index >= 15 is 0 Å². The van der Waals surface area contributed by atoms with Gasteiger partial charge in [0.05, 0.1) is 28.0 Å². The van der Waals surface area contributed by atoms with Gasteiger partial charge in [0, 0.05) is 42.1 Å². The molecule has 9 aromatic rings. The summed E-state index contributed by atoms with van der Waals surface area (Å²) in [5.41, 5.74) is 7.13. The van der Waals surface area contributed by atoms with E-state index in [9.17, 15) is 9.22 Å². The van der Waals surface area contributed by atoms with Gasteiger partial charge >= 0.3 is 0 Å². The van der Waals surface area contributed by atoms with Crippen molar-refractivity contribution in [1.29, 1.82) is 0 Å². The number of nitrogens with zero attached hydrogens (tertiary/aromatic N) is 3. The first-order valence-electron chi connectivity index (χ1n) is 31.1. The predicted octanol–water partition coefficient (Wildman–Crippen LogP) is 18.6. The zero-order valence-corrected chi connectivity index (χ0v) is 42.3. The number of phenolic OH excluding ortho intramolecular Hbond substituents is 1. The SMILES string of the molecule is [2H]C([2H])([2H])c1cc(-c2cc(C([2H])(C)C)cc(C([2H])(C)C)c2)ccc1-n1c(-c2cc(C(C)(C)C)cc(C(C)(C)C)c2O)nc2c(-c3cc(-c4ccccc4)cc(-c4cc(-c5ccc(C(C([2H])([2H])[2H])(C([2H])([2H])[2H])C([2H])([2H])[2H])cc5)ccn4)c3)cccc21. The molecule has 2 aromatic heterocycles. The first kappa shape index (κ1) is 34.3. The highest BCUT2D eigenvalue weighted by molar-refractivity contribution is 5.98. The fourth-order valence-corrected chi connectivity index (χ4v) is 9.26. The van der Waals surface area contributed by atoms with E-state index in [1.54, 1.807) is 52.1 Å². The lowest BCUT2D eigenvalue weighted by Crippen LogP contribution is -2.17. The zero-order valence-electron chi connectivity index (χ0n) is 56.3. The molecule has 0 amide bonds. The van der Waals surface area contributed by atoms with Gasteiger partial charge in [-0.15, -0.1) is 0 Å². The van der Waals surface area contributed by atoms with Crippen molar-refractivity contribution in [1.82, 2.24) is 14.5 Å². The fourth-order valence-electron chi connectivity index (χ4n) is 9.26. The number of phenols is 1. The molecule has 2 heterocycles. The van der Waals surface area contributed by atoms with Gasteiger partial charge in [-0.3, -0.25) is 9.55 Å². The second-order valence-electron chi connectivity index (χ2n) is 21.3. The van der Waals surface area contributed by atoms with Crippen LogP contribution in [-0.2, 0) is 16.2 Å². The number of rotatable bonds is 9. The van der Waals surface area contributed by atoms with E-state index in [2.05, 4.69) is 26.8 Å². The molecule has 0 spiro atoms.